The highest BCUT2D eigenvalue weighted by atomic mass is 79.9. The molecule has 1 unspecified atom stereocenters. The van der Waals surface area contributed by atoms with Crippen molar-refractivity contribution >= 4 is 15.9 Å². The lowest BCUT2D eigenvalue weighted by molar-refractivity contribution is 0.527. The molecule has 21 heavy (non-hydrogen) atoms. The summed E-state index contributed by atoms with van der Waals surface area (Å²) in [5.41, 5.74) is 2.63. The molecule has 4 heteroatoms. The molecule has 112 valence electrons. The van der Waals surface area contributed by atoms with Crippen LogP contribution in [0.2, 0.25) is 0 Å². The summed E-state index contributed by atoms with van der Waals surface area (Å²) in [6, 6.07) is 7.77. The number of nitrogens with one attached hydrogen (secondary N) is 1. The fraction of sp³-hybridized carbons (Fsp3) is 0.294. The van der Waals surface area contributed by atoms with Gasteiger partial charge in [-0.05, 0) is 49.7 Å². The molecule has 0 bridgehead atoms. The topological polar surface area (TPSA) is 12.0 Å². The molecule has 0 saturated heterocycles. The molecule has 0 saturated carbocycles. The van der Waals surface area contributed by atoms with E-state index >= 15 is 0 Å². The second kappa shape index (κ2) is 6.67. The van der Waals surface area contributed by atoms with Crippen molar-refractivity contribution in [3.63, 3.8) is 0 Å². The number of halogens is 3. The smallest absolute Gasteiger partial charge is 0.129 e. The summed E-state index contributed by atoms with van der Waals surface area (Å²) >= 11 is 3.24. The van der Waals surface area contributed by atoms with Crippen molar-refractivity contribution in [2.24, 2.45) is 0 Å². The van der Waals surface area contributed by atoms with Crippen molar-refractivity contribution in [3.05, 3.63) is 68.7 Å². The maximum absolute atomic E-state index is 14.4. The van der Waals surface area contributed by atoms with E-state index < -0.39 is 6.04 Å². The molecule has 0 aliphatic carbocycles. The van der Waals surface area contributed by atoms with E-state index in [2.05, 4.69) is 21.2 Å². The molecule has 2 rings (SSSR count). The minimum atomic E-state index is -0.497. The first kappa shape index (κ1) is 16.1. The molecule has 0 fully saturated rings. The van der Waals surface area contributed by atoms with Gasteiger partial charge in [0, 0.05) is 15.6 Å². The van der Waals surface area contributed by atoms with E-state index in [0.29, 0.717) is 22.1 Å². The van der Waals surface area contributed by atoms with Gasteiger partial charge in [-0.1, -0.05) is 35.0 Å². The third-order valence-electron chi connectivity index (χ3n) is 3.45. The highest BCUT2D eigenvalue weighted by Gasteiger charge is 2.22. The van der Waals surface area contributed by atoms with Crippen molar-refractivity contribution in [2.75, 3.05) is 6.54 Å². The first-order chi connectivity index (χ1) is 9.93. The summed E-state index contributed by atoms with van der Waals surface area (Å²) in [5, 5.41) is 3.18. The normalized spacial score (nSPS) is 12.5. The number of hydrogen-bond donors (Lipinski definition) is 1. The van der Waals surface area contributed by atoms with E-state index in [1.807, 2.05) is 26.8 Å². The van der Waals surface area contributed by atoms with Crippen LogP contribution >= 0.6 is 15.9 Å². The van der Waals surface area contributed by atoms with Gasteiger partial charge in [0.15, 0.2) is 0 Å². The van der Waals surface area contributed by atoms with Gasteiger partial charge in [-0.25, -0.2) is 8.78 Å². The molecular formula is C17H18BrF2N. The molecule has 1 N–H and O–H groups in total. The lowest BCUT2D eigenvalue weighted by Crippen LogP contribution is -2.25. The average Bonchev–Trinajstić information content (AvgIpc) is 2.37. The molecule has 0 aliphatic rings. The Labute approximate surface area is 132 Å². The first-order valence-corrected chi connectivity index (χ1v) is 7.68. The van der Waals surface area contributed by atoms with Crippen LogP contribution in [0.25, 0.3) is 0 Å². The molecule has 0 aliphatic heterocycles. The summed E-state index contributed by atoms with van der Waals surface area (Å²) in [7, 11) is 0. The van der Waals surface area contributed by atoms with Gasteiger partial charge in [-0.3, -0.25) is 0 Å². The minimum absolute atomic E-state index is 0.305. The monoisotopic (exact) mass is 353 g/mol. The lowest BCUT2D eigenvalue weighted by atomic mass is 9.93. The zero-order valence-corrected chi connectivity index (χ0v) is 13.9. The molecule has 1 nitrogen and oxygen atoms in total. The number of benzene rings is 2. The second-order valence-corrected chi connectivity index (χ2v) is 6.05. The number of hydrogen-bond acceptors (Lipinski definition) is 1. The largest absolute Gasteiger partial charge is 0.306 e. The van der Waals surface area contributed by atoms with E-state index in [4.69, 9.17) is 0 Å². The Hall–Kier alpha value is -1.26. The lowest BCUT2D eigenvalue weighted by Gasteiger charge is -2.22. The SMILES string of the molecule is CCNC(c1ccc(Br)cc1F)c1c(C)cc(C)cc1F. The number of rotatable bonds is 4. The highest BCUT2D eigenvalue weighted by Crippen LogP contribution is 2.31. The van der Waals surface area contributed by atoms with Crippen molar-refractivity contribution in [3.8, 4) is 0 Å². The third-order valence-corrected chi connectivity index (χ3v) is 3.94. The van der Waals surface area contributed by atoms with Crippen LogP contribution < -0.4 is 5.32 Å². The summed E-state index contributed by atoms with van der Waals surface area (Å²) in [6.45, 7) is 6.24. The van der Waals surface area contributed by atoms with Gasteiger partial charge in [0.05, 0.1) is 6.04 Å². The van der Waals surface area contributed by atoms with Crippen LogP contribution in [-0.2, 0) is 0 Å². The van der Waals surface area contributed by atoms with E-state index in [9.17, 15) is 8.78 Å². The average molecular weight is 354 g/mol. The quantitative estimate of drug-likeness (QED) is 0.811. The Morgan fingerprint density at radius 2 is 1.81 bits per heavy atom. The van der Waals surface area contributed by atoms with Gasteiger partial charge in [0.2, 0.25) is 0 Å². The van der Waals surface area contributed by atoms with Gasteiger partial charge in [-0.2, -0.15) is 0 Å². The van der Waals surface area contributed by atoms with Gasteiger partial charge < -0.3 is 5.32 Å². The summed E-state index contributed by atoms with van der Waals surface area (Å²) in [6.07, 6.45) is 0. The standard InChI is InChI=1S/C17H18BrF2N/c1-4-21-17(13-6-5-12(18)9-14(13)19)16-11(3)7-10(2)8-15(16)20/h5-9,17,21H,4H2,1-3H3. The molecule has 0 amide bonds. The maximum atomic E-state index is 14.4. The van der Waals surface area contributed by atoms with Gasteiger partial charge in [-0.15, -0.1) is 0 Å². The number of aryl methyl sites for hydroxylation is 2. The molecule has 2 aromatic rings. The van der Waals surface area contributed by atoms with Crippen molar-refractivity contribution in [1.82, 2.24) is 5.32 Å². The third kappa shape index (κ3) is 3.50. The summed E-state index contributed by atoms with van der Waals surface area (Å²) < 4.78 is 29.3. The van der Waals surface area contributed by atoms with Crippen LogP contribution in [0.1, 0.15) is 35.2 Å². The van der Waals surface area contributed by atoms with Crippen molar-refractivity contribution < 1.29 is 8.78 Å². The predicted molar refractivity (Wildman–Crippen MR) is 85.5 cm³/mol. The first-order valence-electron chi connectivity index (χ1n) is 6.89. The van der Waals surface area contributed by atoms with Gasteiger partial charge >= 0.3 is 0 Å². The molecular weight excluding hydrogens is 336 g/mol. The van der Waals surface area contributed by atoms with Crippen LogP contribution in [0.15, 0.2) is 34.8 Å². The Morgan fingerprint density at radius 1 is 1.10 bits per heavy atom. The summed E-state index contributed by atoms with van der Waals surface area (Å²) in [4.78, 5) is 0. The Balaban J connectivity index is 2.59. The van der Waals surface area contributed by atoms with E-state index in [1.54, 1.807) is 12.1 Å². The zero-order chi connectivity index (χ0) is 15.6. The van der Waals surface area contributed by atoms with E-state index in [0.717, 1.165) is 11.1 Å². The van der Waals surface area contributed by atoms with Crippen LogP contribution in [0, 0.1) is 25.5 Å². The van der Waals surface area contributed by atoms with E-state index in [-0.39, 0.29) is 11.6 Å². The van der Waals surface area contributed by atoms with Crippen LogP contribution in [0.5, 0.6) is 0 Å². The van der Waals surface area contributed by atoms with Crippen LogP contribution in [0.4, 0.5) is 8.78 Å². The highest BCUT2D eigenvalue weighted by molar-refractivity contribution is 9.10. The van der Waals surface area contributed by atoms with Crippen LogP contribution in [0.3, 0.4) is 0 Å². The maximum Gasteiger partial charge on any atom is 0.129 e. The molecule has 0 heterocycles. The molecule has 1 atom stereocenters. The van der Waals surface area contributed by atoms with E-state index in [1.165, 1.54) is 12.1 Å². The second-order valence-electron chi connectivity index (χ2n) is 5.13. The fourth-order valence-electron chi connectivity index (χ4n) is 2.60. The van der Waals surface area contributed by atoms with Gasteiger partial charge in [0.1, 0.15) is 11.6 Å². The molecule has 0 radical (unpaired) electrons. The Morgan fingerprint density at radius 3 is 2.38 bits per heavy atom. The molecule has 0 spiro atoms. The zero-order valence-electron chi connectivity index (χ0n) is 12.3. The molecule has 2 aromatic carbocycles. The minimum Gasteiger partial charge on any atom is -0.306 e. The Bertz CT molecular complexity index is 632. The van der Waals surface area contributed by atoms with Gasteiger partial charge in [0.25, 0.3) is 0 Å². The fourth-order valence-corrected chi connectivity index (χ4v) is 2.93. The van der Waals surface area contributed by atoms with Crippen LogP contribution in [-0.4, -0.2) is 6.54 Å². The molecule has 0 aromatic heterocycles. The Kier molecular flexibility index (Phi) is 5.12. The summed E-state index contributed by atoms with van der Waals surface area (Å²) in [5.74, 6) is -0.657. The van der Waals surface area contributed by atoms with Crippen molar-refractivity contribution in [1.29, 1.82) is 0 Å². The van der Waals surface area contributed by atoms with Crippen molar-refractivity contribution in [2.45, 2.75) is 26.8 Å². The predicted octanol–water partition coefficient (Wildman–Crippen LogP) is 5.04.